The van der Waals surface area contributed by atoms with Crippen molar-refractivity contribution in [1.29, 1.82) is 0 Å². The Bertz CT molecular complexity index is 487. The third-order valence-electron chi connectivity index (χ3n) is 3.34. The van der Waals surface area contributed by atoms with Gasteiger partial charge in [-0.05, 0) is 30.4 Å². The maximum absolute atomic E-state index is 11.9. The van der Waals surface area contributed by atoms with Gasteiger partial charge >= 0.3 is 5.97 Å². The SMILES string of the molecule is CCC(NC(=O)CC(C)Cc1ccccc1OC)C(=O)O. The number of aliphatic carboxylic acids is 1. The molecular formula is C16H23NO4. The van der Waals surface area contributed by atoms with Gasteiger partial charge in [0.25, 0.3) is 0 Å². The van der Waals surface area contributed by atoms with Crippen LogP contribution in [0, 0.1) is 5.92 Å². The first-order chi connectivity index (χ1) is 9.97. The number of amides is 1. The van der Waals surface area contributed by atoms with E-state index in [1.807, 2.05) is 31.2 Å². The van der Waals surface area contributed by atoms with Gasteiger partial charge in [0.15, 0.2) is 0 Å². The minimum absolute atomic E-state index is 0.104. The number of carbonyl (C=O) groups is 2. The number of methoxy groups -OCH3 is 1. The number of ether oxygens (including phenoxy) is 1. The summed E-state index contributed by atoms with van der Waals surface area (Å²) < 4.78 is 5.29. The van der Waals surface area contributed by atoms with E-state index in [1.165, 1.54) is 0 Å². The third kappa shape index (κ3) is 5.45. The van der Waals surface area contributed by atoms with Gasteiger partial charge in [0.1, 0.15) is 11.8 Å². The smallest absolute Gasteiger partial charge is 0.326 e. The van der Waals surface area contributed by atoms with Crippen molar-refractivity contribution < 1.29 is 19.4 Å². The summed E-state index contributed by atoms with van der Waals surface area (Å²) in [6, 6.07) is 6.88. The van der Waals surface area contributed by atoms with E-state index in [9.17, 15) is 9.59 Å². The Kier molecular flexibility index (Phi) is 6.72. The van der Waals surface area contributed by atoms with Crippen molar-refractivity contribution in [1.82, 2.24) is 5.32 Å². The van der Waals surface area contributed by atoms with Gasteiger partial charge in [-0.15, -0.1) is 0 Å². The lowest BCUT2D eigenvalue weighted by atomic mass is 9.97. The van der Waals surface area contributed by atoms with Crippen molar-refractivity contribution in [2.24, 2.45) is 5.92 Å². The highest BCUT2D eigenvalue weighted by atomic mass is 16.5. The highest BCUT2D eigenvalue weighted by Crippen LogP contribution is 2.22. The van der Waals surface area contributed by atoms with E-state index in [4.69, 9.17) is 9.84 Å². The van der Waals surface area contributed by atoms with Gasteiger partial charge in [-0.3, -0.25) is 4.79 Å². The summed E-state index contributed by atoms with van der Waals surface area (Å²) in [5, 5.41) is 11.5. The summed E-state index contributed by atoms with van der Waals surface area (Å²) >= 11 is 0. The number of carbonyl (C=O) groups excluding carboxylic acids is 1. The zero-order chi connectivity index (χ0) is 15.8. The fraction of sp³-hybridized carbons (Fsp3) is 0.500. The van der Waals surface area contributed by atoms with Gasteiger partial charge in [0, 0.05) is 6.42 Å². The van der Waals surface area contributed by atoms with E-state index in [2.05, 4.69) is 5.32 Å². The van der Waals surface area contributed by atoms with Crippen LogP contribution in [0.3, 0.4) is 0 Å². The number of rotatable bonds is 8. The molecule has 0 aliphatic carbocycles. The number of carboxylic acids is 1. The van der Waals surface area contributed by atoms with E-state index in [0.717, 1.165) is 11.3 Å². The van der Waals surface area contributed by atoms with Crippen LogP contribution in [0.4, 0.5) is 0 Å². The topological polar surface area (TPSA) is 75.6 Å². The molecule has 5 heteroatoms. The van der Waals surface area contributed by atoms with Crippen molar-refractivity contribution in [3.05, 3.63) is 29.8 Å². The maximum Gasteiger partial charge on any atom is 0.326 e. The van der Waals surface area contributed by atoms with Crippen LogP contribution in [0.25, 0.3) is 0 Å². The highest BCUT2D eigenvalue weighted by molar-refractivity contribution is 5.83. The molecule has 0 saturated carbocycles. The second kappa shape index (κ2) is 8.29. The van der Waals surface area contributed by atoms with Crippen molar-refractivity contribution in [3.63, 3.8) is 0 Å². The first-order valence-corrected chi connectivity index (χ1v) is 7.12. The monoisotopic (exact) mass is 293 g/mol. The molecule has 0 radical (unpaired) electrons. The molecule has 0 aromatic heterocycles. The molecule has 116 valence electrons. The Hall–Kier alpha value is -2.04. The van der Waals surface area contributed by atoms with Gasteiger partial charge in [-0.25, -0.2) is 4.79 Å². The second-order valence-electron chi connectivity index (χ2n) is 5.19. The summed E-state index contributed by atoms with van der Waals surface area (Å²) in [5.74, 6) is -0.316. The van der Waals surface area contributed by atoms with Crippen molar-refractivity contribution in [2.75, 3.05) is 7.11 Å². The van der Waals surface area contributed by atoms with Gasteiger partial charge < -0.3 is 15.2 Å². The van der Waals surface area contributed by atoms with Crippen LogP contribution in [0.1, 0.15) is 32.3 Å². The minimum atomic E-state index is -0.997. The van der Waals surface area contributed by atoms with Crippen LogP contribution in [0.2, 0.25) is 0 Å². The summed E-state index contributed by atoms with van der Waals surface area (Å²) in [4.78, 5) is 22.8. The second-order valence-corrected chi connectivity index (χ2v) is 5.19. The van der Waals surface area contributed by atoms with Crippen molar-refractivity contribution >= 4 is 11.9 Å². The Balaban J connectivity index is 2.55. The first kappa shape index (κ1) is 17.0. The Labute approximate surface area is 125 Å². The average molecular weight is 293 g/mol. The molecule has 2 atom stereocenters. The summed E-state index contributed by atoms with van der Waals surface area (Å²) in [7, 11) is 1.62. The largest absolute Gasteiger partial charge is 0.496 e. The van der Waals surface area contributed by atoms with E-state index >= 15 is 0 Å². The highest BCUT2D eigenvalue weighted by Gasteiger charge is 2.19. The number of hydrogen-bond acceptors (Lipinski definition) is 3. The van der Waals surface area contributed by atoms with Crippen LogP contribution in [0.15, 0.2) is 24.3 Å². The average Bonchev–Trinajstić information content (AvgIpc) is 2.44. The molecule has 0 aliphatic rings. The molecule has 0 fully saturated rings. The Morgan fingerprint density at radius 2 is 2.00 bits per heavy atom. The first-order valence-electron chi connectivity index (χ1n) is 7.12. The molecule has 21 heavy (non-hydrogen) atoms. The molecule has 0 spiro atoms. The lowest BCUT2D eigenvalue weighted by molar-refractivity contribution is -0.142. The molecule has 1 rings (SSSR count). The molecule has 0 heterocycles. The quantitative estimate of drug-likeness (QED) is 0.770. The van der Waals surface area contributed by atoms with Crippen LogP contribution in [-0.2, 0) is 16.0 Å². The molecule has 1 amide bonds. The minimum Gasteiger partial charge on any atom is -0.496 e. The normalized spacial score (nSPS) is 13.3. The lowest BCUT2D eigenvalue weighted by Crippen LogP contribution is -2.40. The maximum atomic E-state index is 11.9. The van der Waals surface area contributed by atoms with E-state index in [1.54, 1.807) is 14.0 Å². The fourth-order valence-electron chi connectivity index (χ4n) is 2.23. The summed E-state index contributed by atoms with van der Waals surface area (Å²) in [6.07, 6.45) is 1.38. The number of benzene rings is 1. The number of para-hydroxylation sites is 1. The molecule has 2 unspecified atom stereocenters. The molecular weight excluding hydrogens is 270 g/mol. The zero-order valence-electron chi connectivity index (χ0n) is 12.8. The van der Waals surface area contributed by atoms with Gasteiger partial charge in [-0.2, -0.15) is 0 Å². The van der Waals surface area contributed by atoms with Crippen LogP contribution < -0.4 is 10.1 Å². The van der Waals surface area contributed by atoms with Gasteiger partial charge in [0.2, 0.25) is 5.91 Å². The molecule has 1 aromatic carbocycles. The molecule has 2 N–H and O–H groups in total. The number of carboxylic acid groups (broad SMARTS) is 1. The van der Waals surface area contributed by atoms with Gasteiger partial charge in [0.05, 0.1) is 7.11 Å². The molecule has 1 aromatic rings. The zero-order valence-corrected chi connectivity index (χ0v) is 12.8. The van der Waals surface area contributed by atoms with Crippen molar-refractivity contribution in [3.8, 4) is 5.75 Å². The van der Waals surface area contributed by atoms with Gasteiger partial charge in [-0.1, -0.05) is 32.0 Å². The predicted molar refractivity (Wildman–Crippen MR) is 80.3 cm³/mol. The van der Waals surface area contributed by atoms with Crippen molar-refractivity contribution in [2.45, 2.75) is 39.2 Å². The Morgan fingerprint density at radius 1 is 1.33 bits per heavy atom. The van der Waals surface area contributed by atoms with Crippen LogP contribution in [0.5, 0.6) is 5.75 Å². The molecule has 5 nitrogen and oxygen atoms in total. The Morgan fingerprint density at radius 3 is 2.57 bits per heavy atom. The lowest BCUT2D eigenvalue weighted by Gasteiger charge is -2.16. The standard InChI is InChI=1S/C16H23NO4/c1-4-13(16(19)20)17-15(18)10-11(2)9-12-7-5-6-8-14(12)21-3/h5-8,11,13H,4,9-10H2,1-3H3,(H,17,18)(H,19,20). The molecule has 0 saturated heterocycles. The van der Waals surface area contributed by atoms with E-state index < -0.39 is 12.0 Å². The summed E-state index contributed by atoms with van der Waals surface area (Å²) in [6.45, 7) is 3.70. The van der Waals surface area contributed by atoms with Crippen LogP contribution in [-0.4, -0.2) is 30.1 Å². The fourth-order valence-corrected chi connectivity index (χ4v) is 2.23. The molecule has 0 aliphatic heterocycles. The number of hydrogen-bond donors (Lipinski definition) is 2. The third-order valence-corrected chi connectivity index (χ3v) is 3.34. The summed E-state index contributed by atoms with van der Waals surface area (Å²) in [5.41, 5.74) is 1.05. The number of nitrogens with one attached hydrogen (secondary N) is 1. The molecule has 0 bridgehead atoms. The van der Waals surface area contributed by atoms with E-state index in [-0.39, 0.29) is 11.8 Å². The van der Waals surface area contributed by atoms with E-state index in [0.29, 0.717) is 19.3 Å². The predicted octanol–water partition coefficient (Wildman–Crippen LogP) is 2.24. The van der Waals surface area contributed by atoms with Crippen LogP contribution >= 0.6 is 0 Å².